The van der Waals surface area contributed by atoms with Crippen molar-refractivity contribution in [3.63, 3.8) is 0 Å². The van der Waals surface area contributed by atoms with Gasteiger partial charge in [0, 0.05) is 35.3 Å². The number of rotatable bonds is 5. The van der Waals surface area contributed by atoms with Crippen molar-refractivity contribution in [3.05, 3.63) is 42.2 Å². The Balaban J connectivity index is 1.57. The molecule has 1 saturated carbocycles. The Morgan fingerprint density at radius 1 is 1.15 bits per heavy atom. The van der Waals surface area contributed by atoms with E-state index in [1.165, 1.54) is 0 Å². The van der Waals surface area contributed by atoms with Crippen LogP contribution in [0.5, 0.6) is 0 Å². The van der Waals surface area contributed by atoms with Crippen molar-refractivity contribution in [3.8, 4) is 11.4 Å². The molecule has 2 aromatic heterocycles. The van der Waals surface area contributed by atoms with E-state index in [4.69, 9.17) is 14.7 Å². The number of hydrogen-bond acceptors (Lipinski definition) is 7. The number of morpholine rings is 1. The molecule has 9 heteroatoms. The molecule has 3 aliphatic rings. The Morgan fingerprint density at radius 3 is 2.74 bits per heavy atom. The molecule has 3 aromatic rings. The van der Waals surface area contributed by atoms with Gasteiger partial charge in [0.2, 0.25) is 0 Å². The number of H-pyrrole nitrogens is 1. The van der Waals surface area contributed by atoms with Crippen molar-refractivity contribution in [2.75, 3.05) is 37.7 Å². The van der Waals surface area contributed by atoms with E-state index in [9.17, 15) is 8.42 Å². The standard InChI is InChI=1S/C25H31N5O3S/c1-17-16-33-14-13-30(17)23-15-22(25(8-11-26-12-9-25)34(31,32)18-5-6-18)28-24(29-23)20-3-2-4-21-19(20)7-10-27-21/h2-4,7,10,15,17-18,26-27H,5-6,8-9,11-14,16H2,1H3/t17-/m0/s1. The third-order valence-corrected chi connectivity index (χ3v) is 10.7. The quantitative estimate of drug-likeness (QED) is 0.578. The SMILES string of the molecule is C[C@H]1COCCN1c1cc(C2(S(=O)(=O)C3CC3)CCNCC2)nc(-c2cccc3[nH]ccc23)n1. The molecule has 0 spiro atoms. The largest absolute Gasteiger partial charge is 0.377 e. The van der Waals surface area contributed by atoms with E-state index in [-0.39, 0.29) is 11.3 Å². The second-order valence-corrected chi connectivity index (χ2v) is 12.3. The third-order valence-electron chi connectivity index (χ3n) is 7.60. The molecule has 0 amide bonds. The number of fused-ring (bicyclic) bond motifs is 1. The molecule has 0 bridgehead atoms. The molecule has 3 fully saturated rings. The van der Waals surface area contributed by atoms with Gasteiger partial charge in [0.05, 0.1) is 30.2 Å². The first-order valence-corrected chi connectivity index (χ1v) is 13.8. The maximum atomic E-state index is 13.9. The first-order chi connectivity index (χ1) is 16.5. The van der Waals surface area contributed by atoms with Gasteiger partial charge >= 0.3 is 0 Å². The summed E-state index contributed by atoms with van der Waals surface area (Å²) in [5, 5.41) is 4.14. The van der Waals surface area contributed by atoms with E-state index in [2.05, 4.69) is 22.1 Å². The lowest BCUT2D eigenvalue weighted by Gasteiger charge is -2.38. The summed E-state index contributed by atoms with van der Waals surface area (Å²) in [5.74, 6) is 1.37. The number of piperidine rings is 1. The highest BCUT2D eigenvalue weighted by atomic mass is 32.2. The lowest BCUT2D eigenvalue weighted by molar-refractivity contribution is 0.0985. The number of aromatic nitrogens is 3. The predicted molar refractivity (Wildman–Crippen MR) is 133 cm³/mol. The maximum absolute atomic E-state index is 13.9. The molecular weight excluding hydrogens is 450 g/mol. The van der Waals surface area contributed by atoms with Crippen LogP contribution in [0.4, 0.5) is 5.82 Å². The summed E-state index contributed by atoms with van der Waals surface area (Å²) >= 11 is 0. The van der Waals surface area contributed by atoms with Crippen LogP contribution in [0.2, 0.25) is 0 Å². The van der Waals surface area contributed by atoms with E-state index in [1.807, 2.05) is 36.5 Å². The number of ether oxygens (including phenoxy) is 1. The van der Waals surface area contributed by atoms with Crippen molar-refractivity contribution < 1.29 is 13.2 Å². The van der Waals surface area contributed by atoms with E-state index in [1.54, 1.807) is 0 Å². The molecule has 180 valence electrons. The molecule has 2 aliphatic heterocycles. The molecular formula is C25H31N5O3S. The molecule has 34 heavy (non-hydrogen) atoms. The topological polar surface area (TPSA) is 100 Å². The fraction of sp³-hybridized carbons (Fsp3) is 0.520. The van der Waals surface area contributed by atoms with Gasteiger partial charge in [0.25, 0.3) is 0 Å². The van der Waals surface area contributed by atoms with E-state index in [0.717, 1.165) is 41.7 Å². The van der Waals surface area contributed by atoms with Crippen LogP contribution in [-0.4, -0.2) is 67.5 Å². The Morgan fingerprint density at radius 2 is 1.97 bits per heavy atom. The van der Waals surface area contributed by atoms with Gasteiger partial charge in [-0.1, -0.05) is 12.1 Å². The summed E-state index contributed by atoms with van der Waals surface area (Å²) in [4.78, 5) is 15.5. The van der Waals surface area contributed by atoms with Gasteiger partial charge in [-0.25, -0.2) is 18.4 Å². The van der Waals surface area contributed by atoms with Crippen LogP contribution >= 0.6 is 0 Å². The molecule has 0 radical (unpaired) electrons. The average molecular weight is 482 g/mol. The molecule has 8 nitrogen and oxygen atoms in total. The second-order valence-electron chi connectivity index (χ2n) is 9.79. The lowest BCUT2D eigenvalue weighted by atomic mass is 9.92. The number of hydrogen-bond donors (Lipinski definition) is 2. The Kier molecular flexibility index (Phi) is 5.38. The lowest BCUT2D eigenvalue weighted by Crippen LogP contribution is -2.48. The van der Waals surface area contributed by atoms with Crippen LogP contribution in [0.3, 0.4) is 0 Å². The van der Waals surface area contributed by atoms with E-state index >= 15 is 0 Å². The molecule has 1 atom stereocenters. The van der Waals surface area contributed by atoms with Gasteiger partial charge < -0.3 is 19.9 Å². The molecule has 1 aromatic carbocycles. The van der Waals surface area contributed by atoms with Gasteiger partial charge in [0.15, 0.2) is 15.7 Å². The minimum absolute atomic E-state index is 0.149. The highest BCUT2D eigenvalue weighted by Crippen LogP contribution is 2.47. The predicted octanol–water partition coefficient (Wildman–Crippen LogP) is 3.01. The number of anilines is 1. The van der Waals surface area contributed by atoms with Crippen molar-refractivity contribution in [2.24, 2.45) is 0 Å². The Labute approximate surface area is 200 Å². The Hall–Kier alpha value is -2.49. The second kappa shape index (κ2) is 8.32. The van der Waals surface area contributed by atoms with Crippen molar-refractivity contribution in [2.45, 2.75) is 48.6 Å². The number of nitrogens with zero attached hydrogens (tertiary/aromatic N) is 3. The van der Waals surface area contributed by atoms with Gasteiger partial charge in [0.1, 0.15) is 10.6 Å². The van der Waals surface area contributed by atoms with Crippen LogP contribution in [-0.2, 0) is 19.3 Å². The van der Waals surface area contributed by atoms with Crippen molar-refractivity contribution >= 4 is 26.6 Å². The summed E-state index contributed by atoms with van der Waals surface area (Å²) in [7, 11) is -3.37. The smallest absolute Gasteiger partial charge is 0.164 e. The third kappa shape index (κ3) is 3.52. The minimum atomic E-state index is -3.37. The van der Waals surface area contributed by atoms with E-state index < -0.39 is 14.6 Å². The minimum Gasteiger partial charge on any atom is -0.377 e. The Bertz CT molecular complexity index is 1310. The molecule has 6 rings (SSSR count). The normalized spacial score (nSPS) is 23.3. The first-order valence-electron chi connectivity index (χ1n) is 12.2. The summed E-state index contributed by atoms with van der Waals surface area (Å²) in [6, 6.07) is 10.2. The number of benzene rings is 1. The van der Waals surface area contributed by atoms with Gasteiger partial charge in [-0.2, -0.15) is 0 Å². The highest BCUT2D eigenvalue weighted by molar-refractivity contribution is 7.93. The molecule has 2 saturated heterocycles. The fourth-order valence-electron chi connectivity index (χ4n) is 5.50. The summed E-state index contributed by atoms with van der Waals surface area (Å²) < 4.78 is 32.5. The zero-order chi connectivity index (χ0) is 23.3. The summed E-state index contributed by atoms with van der Waals surface area (Å²) in [6.45, 7) is 5.42. The zero-order valence-electron chi connectivity index (χ0n) is 19.5. The number of nitrogens with one attached hydrogen (secondary N) is 2. The van der Waals surface area contributed by atoms with Gasteiger partial charge in [-0.15, -0.1) is 0 Å². The molecule has 0 unspecified atom stereocenters. The average Bonchev–Trinajstić information content (AvgIpc) is 3.62. The van der Waals surface area contributed by atoms with Crippen molar-refractivity contribution in [1.29, 1.82) is 0 Å². The van der Waals surface area contributed by atoms with Crippen molar-refractivity contribution in [1.82, 2.24) is 20.3 Å². The molecule has 4 heterocycles. The highest BCUT2D eigenvalue weighted by Gasteiger charge is 2.54. The zero-order valence-corrected chi connectivity index (χ0v) is 20.3. The first kappa shape index (κ1) is 22.0. The monoisotopic (exact) mass is 481 g/mol. The van der Waals surface area contributed by atoms with Crippen LogP contribution < -0.4 is 10.2 Å². The number of aromatic amines is 1. The maximum Gasteiger partial charge on any atom is 0.164 e. The van der Waals surface area contributed by atoms with Gasteiger partial charge in [-0.3, -0.25) is 0 Å². The van der Waals surface area contributed by atoms with Crippen LogP contribution in [0.1, 0.15) is 38.3 Å². The molecule has 1 aliphatic carbocycles. The van der Waals surface area contributed by atoms with Crippen LogP contribution in [0.15, 0.2) is 36.5 Å². The fourth-order valence-corrected chi connectivity index (χ4v) is 8.06. The van der Waals surface area contributed by atoms with Crippen LogP contribution in [0, 0.1) is 0 Å². The summed E-state index contributed by atoms with van der Waals surface area (Å²) in [6.07, 6.45) is 4.50. The van der Waals surface area contributed by atoms with E-state index in [0.29, 0.717) is 50.7 Å². The summed E-state index contributed by atoms with van der Waals surface area (Å²) in [5.41, 5.74) is 2.57. The number of sulfone groups is 1. The van der Waals surface area contributed by atoms with Gasteiger partial charge in [-0.05, 0) is 57.8 Å². The van der Waals surface area contributed by atoms with Crippen LogP contribution in [0.25, 0.3) is 22.3 Å². The molecule has 2 N–H and O–H groups in total.